The lowest BCUT2D eigenvalue weighted by molar-refractivity contribution is -0.123. The van der Waals surface area contributed by atoms with Crippen LogP contribution in [0.1, 0.15) is 70.2 Å². The highest BCUT2D eigenvalue weighted by Gasteiger charge is 2.39. The van der Waals surface area contributed by atoms with Crippen LogP contribution in [0.15, 0.2) is 24.3 Å². The molecule has 1 aliphatic carbocycles. The molecule has 3 atom stereocenters. The molecular weight excluding hydrogens is 324 g/mol. The van der Waals surface area contributed by atoms with E-state index in [0.29, 0.717) is 29.1 Å². The molecule has 1 N–H and O–H groups in total. The van der Waals surface area contributed by atoms with E-state index < -0.39 is 5.41 Å². The molecule has 0 spiro atoms. The Morgan fingerprint density at radius 1 is 1.12 bits per heavy atom. The van der Waals surface area contributed by atoms with E-state index in [1.54, 1.807) is 0 Å². The summed E-state index contributed by atoms with van der Waals surface area (Å²) in [5.41, 5.74) is 0.912. The monoisotopic (exact) mass is 356 g/mol. The Morgan fingerprint density at radius 3 is 2.58 bits per heavy atom. The first kappa shape index (κ1) is 18.9. The highest BCUT2D eigenvalue weighted by molar-refractivity contribution is 5.98. The van der Waals surface area contributed by atoms with Crippen molar-refractivity contribution in [1.82, 2.24) is 4.90 Å². The van der Waals surface area contributed by atoms with Crippen LogP contribution in [0.5, 0.6) is 0 Å². The van der Waals surface area contributed by atoms with E-state index in [1.165, 1.54) is 19.3 Å². The van der Waals surface area contributed by atoms with Gasteiger partial charge in [0.05, 0.1) is 0 Å². The number of nitrogens with one attached hydrogen (secondary N) is 1. The van der Waals surface area contributed by atoms with Gasteiger partial charge in [0.1, 0.15) is 0 Å². The number of likely N-dealkylation sites (tertiary alicyclic amines) is 1. The summed E-state index contributed by atoms with van der Waals surface area (Å²) in [7, 11) is 0. The molecule has 1 heterocycles. The lowest BCUT2D eigenvalue weighted by Crippen LogP contribution is -2.52. The van der Waals surface area contributed by atoms with Crippen molar-refractivity contribution in [2.75, 3.05) is 11.9 Å². The van der Waals surface area contributed by atoms with Gasteiger partial charge in [-0.1, -0.05) is 46.6 Å². The van der Waals surface area contributed by atoms with Crippen molar-refractivity contribution >= 4 is 17.5 Å². The summed E-state index contributed by atoms with van der Waals surface area (Å²) in [5.74, 6) is 1.42. The number of anilines is 1. The highest BCUT2D eigenvalue weighted by atomic mass is 16.2. The van der Waals surface area contributed by atoms with E-state index in [-0.39, 0.29) is 11.8 Å². The van der Waals surface area contributed by atoms with Crippen LogP contribution in [-0.4, -0.2) is 29.3 Å². The topological polar surface area (TPSA) is 49.4 Å². The maximum Gasteiger partial charge on any atom is 0.254 e. The summed E-state index contributed by atoms with van der Waals surface area (Å²) in [6.07, 6.45) is 5.98. The maximum atomic E-state index is 13.2. The Hall–Kier alpha value is -1.84. The third kappa shape index (κ3) is 3.94. The van der Waals surface area contributed by atoms with Crippen molar-refractivity contribution in [2.24, 2.45) is 17.3 Å². The Labute approximate surface area is 157 Å². The zero-order valence-corrected chi connectivity index (χ0v) is 16.5. The fourth-order valence-corrected chi connectivity index (χ4v) is 4.38. The molecule has 3 unspecified atom stereocenters. The number of hydrogen-bond donors (Lipinski definition) is 1. The number of nitrogens with zero attached hydrogens (tertiary/aromatic N) is 1. The van der Waals surface area contributed by atoms with Gasteiger partial charge in [-0.15, -0.1) is 0 Å². The predicted octanol–water partition coefficient (Wildman–Crippen LogP) is 4.71. The van der Waals surface area contributed by atoms with Crippen LogP contribution in [0.3, 0.4) is 0 Å². The van der Waals surface area contributed by atoms with E-state index in [1.807, 2.05) is 45.0 Å². The predicted molar refractivity (Wildman–Crippen MR) is 105 cm³/mol. The summed E-state index contributed by atoms with van der Waals surface area (Å²) >= 11 is 0. The van der Waals surface area contributed by atoms with Gasteiger partial charge in [-0.05, 0) is 49.3 Å². The molecule has 2 fully saturated rings. The van der Waals surface area contributed by atoms with Gasteiger partial charge in [-0.25, -0.2) is 0 Å². The molecule has 1 saturated heterocycles. The second-order valence-corrected chi connectivity index (χ2v) is 9.07. The van der Waals surface area contributed by atoms with Crippen molar-refractivity contribution in [2.45, 2.75) is 65.8 Å². The van der Waals surface area contributed by atoms with Crippen molar-refractivity contribution in [3.8, 4) is 0 Å². The van der Waals surface area contributed by atoms with Crippen LogP contribution in [0.4, 0.5) is 5.69 Å². The van der Waals surface area contributed by atoms with Crippen molar-refractivity contribution < 1.29 is 9.59 Å². The van der Waals surface area contributed by atoms with E-state index >= 15 is 0 Å². The minimum absolute atomic E-state index is 0.0405. The Bertz CT molecular complexity index is 677. The molecule has 3 rings (SSSR count). The van der Waals surface area contributed by atoms with Gasteiger partial charge in [0, 0.05) is 29.3 Å². The third-order valence-electron chi connectivity index (χ3n) is 6.05. The molecule has 1 aromatic carbocycles. The van der Waals surface area contributed by atoms with Crippen LogP contribution < -0.4 is 5.32 Å². The van der Waals surface area contributed by atoms with Gasteiger partial charge in [-0.2, -0.15) is 0 Å². The minimum atomic E-state index is -0.460. The van der Waals surface area contributed by atoms with E-state index in [9.17, 15) is 9.59 Å². The smallest absolute Gasteiger partial charge is 0.254 e. The zero-order chi connectivity index (χ0) is 18.9. The van der Waals surface area contributed by atoms with Crippen LogP contribution in [0.25, 0.3) is 0 Å². The second kappa shape index (κ2) is 7.42. The summed E-state index contributed by atoms with van der Waals surface area (Å²) in [6.45, 7) is 8.84. The first-order chi connectivity index (χ1) is 12.3. The molecule has 26 heavy (non-hydrogen) atoms. The largest absolute Gasteiger partial charge is 0.335 e. The molecule has 0 radical (unpaired) electrons. The van der Waals surface area contributed by atoms with Crippen molar-refractivity contribution in [1.29, 1.82) is 0 Å². The maximum absolute atomic E-state index is 13.2. The number of rotatable bonds is 2. The fraction of sp³-hybridized carbons (Fsp3) is 0.636. The fourth-order valence-electron chi connectivity index (χ4n) is 4.38. The molecule has 0 aromatic heterocycles. The molecule has 1 aliphatic heterocycles. The van der Waals surface area contributed by atoms with E-state index in [0.717, 1.165) is 19.4 Å². The van der Waals surface area contributed by atoms with Gasteiger partial charge in [-0.3, -0.25) is 9.59 Å². The number of carbonyl (C=O) groups excluding carboxylic acids is 2. The van der Waals surface area contributed by atoms with Crippen LogP contribution in [-0.2, 0) is 4.79 Å². The highest BCUT2D eigenvalue weighted by Crippen LogP contribution is 2.39. The van der Waals surface area contributed by atoms with Gasteiger partial charge in [0.25, 0.3) is 5.91 Å². The lowest BCUT2D eigenvalue weighted by Gasteiger charge is -2.47. The summed E-state index contributed by atoms with van der Waals surface area (Å²) < 4.78 is 0. The van der Waals surface area contributed by atoms with Crippen LogP contribution in [0, 0.1) is 17.3 Å². The molecule has 2 amide bonds. The summed E-state index contributed by atoms with van der Waals surface area (Å²) in [4.78, 5) is 27.5. The number of piperidine rings is 1. The normalized spacial score (nSPS) is 26.2. The molecule has 1 saturated carbocycles. The quantitative estimate of drug-likeness (QED) is 0.834. The lowest BCUT2D eigenvalue weighted by atomic mass is 9.72. The standard InChI is InChI=1S/C22H32N2O2/c1-15-12-13-24(19-11-6-5-10-18(15)19)20(25)16-8-7-9-17(14-16)23-21(26)22(2,3)4/h7-9,14-15,18-19H,5-6,10-13H2,1-4H3,(H,23,26). The van der Waals surface area contributed by atoms with Gasteiger partial charge in [0.15, 0.2) is 0 Å². The minimum Gasteiger partial charge on any atom is -0.335 e. The third-order valence-corrected chi connectivity index (χ3v) is 6.05. The first-order valence-corrected chi connectivity index (χ1v) is 10.00. The molecule has 1 aromatic rings. The molecule has 0 bridgehead atoms. The molecule has 4 nitrogen and oxygen atoms in total. The van der Waals surface area contributed by atoms with Crippen molar-refractivity contribution in [3.63, 3.8) is 0 Å². The Kier molecular flexibility index (Phi) is 5.40. The summed E-state index contributed by atoms with van der Waals surface area (Å²) in [6, 6.07) is 7.78. The average molecular weight is 357 g/mol. The molecular formula is C22H32N2O2. The van der Waals surface area contributed by atoms with Crippen LogP contribution >= 0.6 is 0 Å². The first-order valence-electron chi connectivity index (χ1n) is 10.00. The SMILES string of the molecule is CC1CCN(C(=O)c2cccc(NC(=O)C(C)(C)C)c2)C2CCCCC12. The number of benzene rings is 1. The summed E-state index contributed by atoms with van der Waals surface area (Å²) in [5, 5.41) is 2.93. The Balaban J connectivity index is 1.77. The molecule has 142 valence electrons. The zero-order valence-electron chi connectivity index (χ0n) is 16.5. The van der Waals surface area contributed by atoms with E-state index in [4.69, 9.17) is 0 Å². The Morgan fingerprint density at radius 2 is 1.85 bits per heavy atom. The van der Waals surface area contributed by atoms with Crippen molar-refractivity contribution in [3.05, 3.63) is 29.8 Å². The van der Waals surface area contributed by atoms with Gasteiger partial charge < -0.3 is 10.2 Å². The molecule has 4 heteroatoms. The number of fused-ring (bicyclic) bond motifs is 1. The van der Waals surface area contributed by atoms with Crippen LogP contribution in [0.2, 0.25) is 0 Å². The number of amides is 2. The molecule has 2 aliphatic rings. The van der Waals surface area contributed by atoms with Gasteiger partial charge >= 0.3 is 0 Å². The second-order valence-electron chi connectivity index (χ2n) is 9.07. The number of hydrogen-bond acceptors (Lipinski definition) is 2. The van der Waals surface area contributed by atoms with Gasteiger partial charge in [0.2, 0.25) is 5.91 Å². The average Bonchev–Trinajstić information content (AvgIpc) is 2.61. The van der Waals surface area contributed by atoms with E-state index in [2.05, 4.69) is 17.1 Å². The number of carbonyl (C=O) groups is 2.